The van der Waals surface area contributed by atoms with Crippen LogP contribution in [0.25, 0.3) is 0 Å². The lowest BCUT2D eigenvalue weighted by atomic mass is 10.1. The molecule has 1 aromatic rings. The molecule has 0 bridgehead atoms. The second kappa shape index (κ2) is 6.87. The molecular weight excluding hydrogens is 294 g/mol. The van der Waals surface area contributed by atoms with Gasteiger partial charge in [-0.15, -0.1) is 0 Å². The summed E-state index contributed by atoms with van der Waals surface area (Å²) in [5, 5.41) is 16.8. The monoisotopic (exact) mass is 313 g/mol. The molecule has 1 aromatic carbocycles. The summed E-state index contributed by atoms with van der Waals surface area (Å²) in [5.41, 5.74) is 0.260. The van der Waals surface area contributed by atoms with Gasteiger partial charge in [0.05, 0.1) is 11.0 Å². The van der Waals surface area contributed by atoms with Crippen molar-refractivity contribution in [2.24, 2.45) is 0 Å². The second-order valence-electron chi connectivity index (χ2n) is 5.88. The number of nitro groups is 1. The first kappa shape index (κ1) is 17.4. The van der Waals surface area contributed by atoms with E-state index in [0.29, 0.717) is 12.1 Å². The van der Waals surface area contributed by atoms with Gasteiger partial charge in [-0.05, 0) is 39.3 Å². The molecule has 116 valence electrons. The van der Waals surface area contributed by atoms with E-state index in [2.05, 4.69) is 10.6 Å². The van der Waals surface area contributed by atoms with Crippen molar-refractivity contribution in [3.8, 4) is 0 Å². The number of benzene rings is 1. The summed E-state index contributed by atoms with van der Waals surface area (Å²) in [4.78, 5) is 22.2. The van der Waals surface area contributed by atoms with Gasteiger partial charge in [-0.1, -0.05) is 17.7 Å². The van der Waals surface area contributed by atoms with Gasteiger partial charge in [0.25, 0.3) is 5.69 Å². The molecule has 1 unspecified atom stereocenters. The first-order valence-corrected chi connectivity index (χ1v) is 6.96. The lowest BCUT2D eigenvalue weighted by Crippen LogP contribution is -2.49. The van der Waals surface area contributed by atoms with Crippen LogP contribution in [0, 0.1) is 10.1 Å². The van der Waals surface area contributed by atoms with E-state index in [1.807, 2.05) is 20.8 Å². The molecular formula is C14H20ClN3O3. The molecule has 0 aliphatic carbocycles. The van der Waals surface area contributed by atoms with E-state index in [1.165, 1.54) is 12.1 Å². The highest BCUT2D eigenvalue weighted by Crippen LogP contribution is 2.24. The van der Waals surface area contributed by atoms with Crippen LogP contribution >= 0.6 is 11.6 Å². The minimum Gasteiger partial charge on any atom is -0.350 e. The van der Waals surface area contributed by atoms with Crippen LogP contribution < -0.4 is 10.6 Å². The topological polar surface area (TPSA) is 84.3 Å². The normalized spacial score (nSPS) is 12.8. The van der Waals surface area contributed by atoms with Crippen molar-refractivity contribution in [2.75, 3.05) is 0 Å². The Hall–Kier alpha value is -1.66. The van der Waals surface area contributed by atoms with Crippen molar-refractivity contribution in [1.82, 2.24) is 10.6 Å². The Morgan fingerprint density at radius 3 is 2.57 bits per heavy atom. The van der Waals surface area contributed by atoms with Gasteiger partial charge in [-0.3, -0.25) is 14.9 Å². The molecule has 0 heterocycles. The number of nitrogens with one attached hydrogen (secondary N) is 2. The number of carbonyl (C=O) groups excluding carboxylic acids is 1. The molecule has 0 aromatic heterocycles. The summed E-state index contributed by atoms with van der Waals surface area (Å²) < 4.78 is 0. The number of hydrogen-bond donors (Lipinski definition) is 2. The van der Waals surface area contributed by atoms with Crippen LogP contribution in [0.5, 0.6) is 0 Å². The number of halogens is 1. The summed E-state index contributed by atoms with van der Waals surface area (Å²) in [6.45, 7) is 7.79. The molecule has 0 radical (unpaired) electrons. The fraction of sp³-hybridized carbons (Fsp3) is 0.500. The molecule has 6 nitrogen and oxygen atoms in total. The Morgan fingerprint density at radius 1 is 1.43 bits per heavy atom. The molecule has 1 atom stereocenters. The number of carbonyl (C=O) groups is 1. The molecule has 0 spiro atoms. The zero-order chi connectivity index (χ0) is 16.2. The van der Waals surface area contributed by atoms with Gasteiger partial charge in [0.2, 0.25) is 5.91 Å². The third kappa shape index (κ3) is 5.69. The van der Waals surface area contributed by atoms with Crippen LogP contribution in [0.4, 0.5) is 5.69 Å². The molecule has 7 heteroatoms. The molecule has 1 amide bonds. The van der Waals surface area contributed by atoms with E-state index >= 15 is 0 Å². The predicted molar refractivity (Wildman–Crippen MR) is 82.3 cm³/mol. The zero-order valence-electron chi connectivity index (χ0n) is 12.6. The van der Waals surface area contributed by atoms with Crippen molar-refractivity contribution < 1.29 is 9.72 Å². The first-order chi connectivity index (χ1) is 9.60. The van der Waals surface area contributed by atoms with Crippen molar-refractivity contribution in [2.45, 2.75) is 45.8 Å². The Kier molecular flexibility index (Phi) is 5.69. The molecule has 0 aliphatic heterocycles. The maximum absolute atomic E-state index is 11.9. The van der Waals surface area contributed by atoms with Gasteiger partial charge in [0.1, 0.15) is 5.02 Å². The third-order valence-corrected chi connectivity index (χ3v) is 3.03. The van der Waals surface area contributed by atoms with Gasteiger partial charge in [0.15, 0.2) is 0 Å². The van der Waals surface area contributed by atoms with Gasteiger partial charge in [-0.25, -0.2) is 0 Å². The van der Waals surface area contributed by atoms with Crippen molar-refractivity contribution in [1.29, 1.82) is 0 Å². The van der Waals surface area contributed by atoms with Gasteiger partial charge in [-0.2, -0.15) is 0 Å². The summed E-state index contributed by atoms with van der Waals surface area (Å²) in [6, 6.07) is 4.18. The Balaban J connectivity index is 2.65. The average Bonchev–Trinajstić information content (AvgIpc) is 2.34. The van der Waals surface area contributed by atoms with E-state index in [4.69, 9.17) is 11.6 Å². The molecule has 0 saturated heterocycles. The Bertz CT molecular complexity index is 541. The summed E-state index contributed by atoms with van der Waals surface area (Å²) in [7, 11) is 0. The largest absolute Gasteiger partial charge is 0.350 e. The lowest BCUT2D eigenvalue weighted by molar-refractivity contribution is -0.384. The maximum atomic E-state index is 11.9. The summed E-state index contributed by atoms with van der Waals surface area (Å²) in [6.07, 6.45) is 0. The summed E-state index contributed by atoms with van der Waals surface area (Å²) >= 11 is 5.75. The number of rotatable bonds is 5. The predicted octanol–water partition coefficient (Wildman–Crippen LogP) is 2.64. The third-order valence-electron chi connectivity index (χ3n) is 2.71. The molecule has 0 aliphatic rings. The molecule has 1 rings (SSSR count). The highest BCUT2D eigenvalue weighted by Gasteiger charge is 2.19. The molecule has 0 saturated carbocycles. The second-order valence-corrected chi connectivity index (χ2v) is 6.29. The fourth-order valence-electron chi connectivity index (χ4n) is 1.65. The van der Waals surface area contributed by atoms with Crippen LogP contribution in [0.15, 0.2) is 18.2 Å². The van der Waals surface area contributed by atoms with Crippen LogP contribution in [0.1, 0.15) is 33.3 Å². The minimum absolute atomic E-state index is 0.0993. The van der Waals surface area contributed by atoms with Crippen molar-refractivity contribution >= 4 is 23.2 Å². The Morgan fingerprint density at radius 2 is 2.05 bits per heavy atom. The van der Waals surface area contributed by atoms with Crippen molar-refractivity contribution in [3.63, 3.8) is 0 Å². The van der Waals surface area contributed by atoms with Crippen LogP contribution in [0.3, 0.4) is 0 Å². The highest BCUT2D eigenvalue weighted by atomic mass is 35.5. The lowest BCUT2D eigenvalue weighted by Gasteiger charge is -2.23. The van der Waals surface area contributed by atoms with Gasteiger partial charge in [0, 0.05) is 18.2 Å². The molecule has 2 N–H and O–H groups in total. The van der Waals surface area contributed by atoms with Crippen molar-refractivity contribution in [3.05, 3.63) is 38.9 Å². The number of nitrogens with zero attached hydrogens (tertiary/aromatic N) is 1. The standard InChI is InChI=1S/C14H20ClN3O3/c1-9(13(19)17-14(2,3)4)16-8-10-5-6-11(15)12(7-10)18(20)21/h5-7,9,16H,8H2,1-4H3,(H,17,19). The number of nitro benzene ring substituents is 1. The quantitative estimate of drug-likeness (QED) is 0.646. The molecule has 21 heavy (non-hydrogen) atoms. The maximum Gasteiger partial charge on any atom is 0.288 e. The van der Waals surface area contributed by atoms with Crippen LogP contribution in [-0.4, -0.2) is 22.4 Å². The fourth-order valence-corrected chi connectivity index (χ4v) is 1.84. The smallest absolute Gasteiger partial charge is 0.288 e. The van der Waals surface area contributed by atoms with E-state index in [1.54, 1.807) is 13.0 Å². The molecule has 0 fully saturated rings. The average molecular weight is 314 g/mol. The van der Waals surface area contributed by atoms with E-state index in [9.17, 15) is 14.9 Å². The summed E-state index contributed by atoms with van der Waals surface area (Å²) in [5.74, 6) is -0.119. The minimum atomic E-state index is -0.526. The number of hydrogen-bond acceptors (Lipinski definition) is 4. The first-order valence-electron chi connectivity index (χ1n) is 6.58. The van der Waals surface area contributed by atoms with Gasteiger partial charge >= 0.3 is 0 Å². The van der Waals surface area contributed by atoms with E-state index < -0.39 is 11.0 Å². The van der Waals surface area contributed by atoms with Crippen LogP contribution in [-0.2, 0) is 11.3 Å². The highest BCUT2D eigenvalue weighted by molar-refractivity contribution is 6.32. The van der Waals surface area contributed by atoms with Gasteiger partial charge < -0.3 is 10.6 Å². The van der Waals surface area contributed by atoms with E-state index in [0.717, 1.165) is 0 Å². The van der Waals surface area contributed by atoms with Crippen LogP contribution in [0.2, 0.25) is 5.02 Å². The number of amides is 1. The Labute approximate surface area is 129 Å². The SMILES string of the molecule is CC(NCc1ccc(Cl)c([N+](=O)[O-])c1)C(=O)NC(C)(C)C. The van der Waals surface area contributed by atoms with E-state index in [-0.39, 0.29) is 22.2 Å². The zero-order valence-corrected chi connectivity index (χ0v) is 13.3.